The molecule has 11 heteroatoms. The van der Waals surface area contributed by atoms with Gasteiger partial charge in [0.2, 0.25) is 0 Å². The van der Waals surface area contributed by atoms with Gasteiger partial charge in [-0.2, -0.15) is 0 Å². The lowest BCUT2D eigenvalue weighted by atomic mass is 10.1. The lowest BCUT2D eigenvalue weighted by Gasteiger charge is -2.14. The second-order valence-corrected chi connectivity index (χ2v) is 10.5. The summed E-state index contributed by atoms with van der Waals surface area (Å²) >= 11 is 19.4. The number of methoxy groups -OCH3 is 1. The molecule has 196 valence electrons. The summed E-state index contributed by atoms with van der Waals surface area (Å²) in [5, 5.41) is 3.32. The van der Waals surface area contributed by atoms with Crippen molar-refractivity contribution in [1.82, 2.24) is 4.90 Å². The molecule has 0 unspecified atom stereocenters. The van der Waals surface area contributed by atoms with E-state index < -0.39 is 11.1 Å². The third-order valence-electron chi connectivity index (χ3n) is 5.42. The number of carbonyl (C=O) groups excluding carboxylic acids is 3. The molecule has 0 aliphatic carbocycles. The van der Waals surface area contributed by atoms with E-state index in [0.717, 1.165) is 22.2 Å². The van der Waals surface area contributed by atoms with Crippen LogP contribution in [0.1, 0.15) is 16.7 Å². The van der Waals surface area contributed by atoms with Crippen LogP contribution in [0.25, 0.3) is 6.08 Å². The van der Waals surface area contributed by atoms with Gasteiger partial charge in [-0.1, -0.05) is 53.0 Å². The van der Waals surface area contributed by atoms with E-state index in [1.54, 1.807) is 36.4 Å². The molecular weight excluding hydrogens is 571 g/mol. The molecule has 1 heterocycles. The summed E-state index contributed by atoms with van der Waals surface area (Å²) < 4.78 is 11.0. The highest BCUT2D eigenvalue weighted by Crippen LogP contribution is 2.39. The molecule has 1 aliphatic heterocycles. The maximum absolute atomic E-state index is 13.0. The van der Waals surface area contributed by atoms with Crippen LogP contribution < -0.4 is 14.8 Å². The van der Waals surface area contributed by atoms with Crippen molar-refractivity contribution in [3.63, 3.8) is 0 Å². The molecule has 0 atom stereocenters. The molecular formula is C27H21Cl3N2O5S. The van der Waals surface area contributed by atoms with Crippen LogP contribution in [0.5, 0.6) is 11.5 Å². The van der Waals surface area contributed by atoms with Crippen LogP contribution in [-0.2, 0) is 16.1 Å². The van der Waals surface area contributed by atoms with Crippen LogP contribution in [0.2, 0.25) is 15.1 Å². The Balaban J connectivity index is 1.47. The standard InChI is InChI=1S/C27H21Cl3N2O5S/c1-15-4-3-5-19(8-15)31-24(33)14-37-25-21(30)9-16(10-22(25)36-2)11-23-26(34)32(27(35)38-23)13-17-6-7-18(28)12-20(17)29/h3-12H,13-14H2,1-2H3,(H,31,33)/b23-11-. The van der Waals surface area contributed by atoms with Gasteiger partial charge in [0.25, 0.3) is 17.1 Å². The minimum atomic E-state index is -0.464. The minimum absolute atomic E-state index is 0.0134. The van der Waals surface area contributed by atoms with Crippen LogP contribution in [0.3, 0.4) is 0 Å². The number of nitrogens with zero attached hydrogens (tertiary/aromatic N) is 1. The number of benzene rings is 3. The van der Waals surface area contributed by atoms with Gasteiger partial charge in [-0.05, 0) is 77.9 Å². The average Bonchev–Trinajstić information content (AvgIpc) is 3.11. The topological polar surface area (TPSA) is 84.9 Å². The van der Waals surface area contributed by atoms with Crippen molar-refractivity contribution >= 4 is 75.4 Å². The molecule has 3 amide bonds. The minimum Gasteiger partial charge on any atom is -0.493 e. The first-order valence-electron chi connectivity index (χ1n) is 11.2. The quantitative estimate of drug-likeness (QED) is 0.279. The summed E-state index contributed by atoms with van der Waals surface area (Å²) in [6.45, 7) is 1.64. The van der Waals surface area contributed by atoms with E-state index in [1.165, 1.54) is 13.2 Å². The van der Waals surface area contributed by atoms with Gasteiger partial charge < -0.3 is 14.8 Å². The van der Waals surface area contributed by atoms with Gasteiger partial charge >= 0.3 is 0 Å². The molecule has 3 aromatic carbocycles. The third kappa shape index (κ3) is 6.63. The van der Waals surface area contributed by atoms with Crippen molar-refractivity contribution in [3.05, 3.63) is 91.3 Å². The zero-order valence-corrected chi connectivity index (χ0v) is 23.3. The summed E-state index contributed by atoms with van der Waals surface area (Å²) in [5.74, 6) is -0.392. The number of aryl methyl sites for hydroxylation is 1. The van der Waals surface area contributed by atoms with Gasteiger partial charge in [0, 0.05) is 15.7 Å². The van der Waals surface area contributed by atoms with Crippen molar-refractivity contribution in [2.24, 2.45) is 0 Å². The van der Waals surface area contributed by atoms with E-state index in [-0.39, 0.29) is 40.5 Å². The normalized spacial score (nSPS) is 14.2. The Labute approximate surface area is 238 Å². The van der Waals surface area contributed by atoms with Crippen LogP contribution in [0, 0.1) is 6.92 Å². The maximum atomic E-state index is 13.0. The van der Waals surface area contributed by atoms with Gasteiger partial charge in [0.1, 0.15) is 0 Å². The molecule has 1 fully saturated rings. The van der Waals surface area contributed by atoms with E-state index in [9.17, 15) is 14.4 Å². The van der Waals surface area contributed by atoms with Crippen LogP contribution in [-0.4, -0.2) is 35.7 Å². The Bertz CT molecular complexity index is 1460. The number of imide groups is 1. The van der Waals surface area contributed by atoms with Crippen LogP contribution in [0.4, 0.5) is 10.5 Å². The lowest BCUT2D eigenvalue weighted by molar-refractivity contribution is -0.123. The molecule has 3 aromatic rings. The number of thioether (sulfide) groups is 1. The van der Waals surface area contributed by atoms with E-state index >= 15 is 0 Å². The number of amides is 3. The first kappa shape index (κ1) is 27.9. The van der Waals surface area contributed by atoms with Crippen molar-refractivity contribution in [2.45, 2.75) is 13.5 Å². The van der Waals surface area contributed by atoms with Crippen molar-refractivity contribution < 1.29 is 23.9 Å². The monoisotopic (exact) mass is 590 g/mol. The fourth-order valence-corrected chi connectivity index (χ4v) is 5.21. The van der Waals surface area contributed by atoms with Crippen LogP contribution >= 0.6 is 46.6 Å². The van der Waals surface area contributed by atoms with E-state index in [4.69, 9.17) is 44.3 Å². The molecule has 0 saturated carbocycles. The predicted molar refractivity (Wildman–Crippen MR) is 151 cm³/mol. The van der Waals surface area contributed by atoms with Crippen molar-refractivity contribution in [3.8, 4) is 11.5 Å². The van der Waals surface area contributed by atoms with Crippen molar-refractivity contribution in [1.29, 1.82) is 0 Å². The fraction of sp³-hybridized carbons (Fsp3) is 0.148. The molecule has 7 nitrogen and oxygen atoms in total. The van der Waals surface area contributed by atoms with E-state index in [0.29, 0.717) is 26.9 Å². The highest BCUT2D eigenvalue weighted by molar-refractivity contribution is 8.18. The number of ether oxygens (including phenoxy) is 2. The van der Waals surface area contributed by atoms with Gasteiger partial charge in [-0.15, -0.1) is 0 Å². The van der Waals surface area contributed by atoms with Gasteiger partial charge in [0.05, 0.1) is 23.6 Å². The zero-order chi connectivity index (χ0) is 27.4. The van der Waals surface area contributed by atoms with Crippen LogP contribution in [0.15, 0.2) is 59.5 Å². The van der Waals surface area contributed by atoms with Gasteiger partial charge in [-0.3, -0.25) is 19.3 Å². The van der Waals surface area contributed by atoms with E-state index in [1.807, 2.05) is 25.1 Å². The fourth-order valence-electron chi connectivity index (χ4n) is 3.63. The number of rotatable bonds is 8. The molecule has 1 aliphatic rings. The number of carbonyl (C=O) groups is 3. The SMILES string of the molecule is COc1cc(/C=C2\SC(=O)N(Cc3ccc(Cl)cc3Cl)C2=O)cc(Cl)c1OCC(=O)Nc1cccc(C)c1. The highest BCUT2D eigenvalue weighted by Gasteiger charge is 2.35. The summed E-state index contributed by atoms with van der Waals surface area (Å²) in [7, 11) is 1.43. The third-order valence-corrected chi connectivity index (χ3v) is 7.19. The highest BCUT2D eigenvalue weighted by atomic mass is 35.5. The Morgan fingerprint density at radius 3 is 2.55 bits per heavy atom. The zero-order valence-electron chi connectivity index (χ0n) is 20.2. The predicted octanol–water partition coefficient (Wildman–Crippen LogP) is 7.22. The summed E-state index contributed by atoms with van der Waals surface area (Å²) in [5.41, 5.74) is 2.77. The second-order valence-electron chi connectivity index (χ2n) is 8.24. The average molecular weight is 592 g/mol. The lowest BCUT2D eigenvalue weighted by Crippen LogP contribution is -2.27. The second kappa shape index (κ2) is 12.1. The Hall–Kier alpha value is -3.17. The first-order chi connectivity index (χ1) is 18.1. The molecule has 38 heavy (non-hydrogen) atoms. The number of hydrogen-bond donors (Lipinski definition) is 1. The molecule has 0 radical (unpaired) electrons. The number of halogens is 3. The van der Waals surface area contributed by atoms with Gasteiger partial charge in [-0.25, -0.2) is 0 Å². The largest absolute Gasteiger partial charge is 0.493 e. The molecule has 0 aromatic heterocycles. The molecule has 4 rings (SSSR count). The molecule has 1 saturated heterocycles. The summed E-state index contributed by atoms with van der Waals surface area (Å²) in [6, 6.07) is 15.4. The smallest absolute Gasteiger partial charge is 0.293 e. The maximum Gasteiger partial charge on any atom is 0.293 e. The Morgan fingerprint density at radius 2 is 1.84 bits per heavy atom. The summed E-state index contributed by atoms with van der Waals surface area (Å²) in [6.07, 6.45) is 1.54. The molecule has 0 spiro atoms. The van der Waals surface area contributed by atoms with Crippen molar-refractivity contribution in [2.75, 3.05) is 19.0 Å². The number of nitrogens with one attached hydrogen (secondary N) is 1. The molecule has 0 bridgehead atoms. The summed E-state index contributed by atoms with van der Waals surface area (Å²) in [4.78, 5) is 39.2. The van der Waals surface area contributed by atoms with Gasteiger partial charge in [0.15, 0.2) is 18.1 Å². The Kier molecular flexibility index (Phi) is 8.89. The molecule has 1 N–H and O–H groups in total. The Morgan fingerprint density at radius 1 is 1.05 bits per heavy atom. The first-order valence-corrected chi connectivity index (χ1v) is 13.2. The number of anilines is 1. The number of hydrogen-bond acceptors (Lipinski definition) is 6. The van der Waals surface area contributed by atoms with E-state index in [2.05, 4.69) is 5.32 Å².